The second-order valence-corrected chi connectivity index (χ2v) is 4.87. The first-order valence-corrected chi connectivity index (χ1v) is 6.98. The van der Waals surface area contributed by atoms with Gasteiger partial charge in [-0.3, -0.25) is 0 Å². The molecule has 0 saturated heterocycles. The van der Waals surface area contributed by atoms with Gasteiger partial charge in [-0.1, -0.05) is 30.3 Å². The first-order valence-electron chi connectivity index (χ1n) is 6.98. The molecular weight excluding hydrogens is 269 g/mol. The Kier molecular flexibility index (Phi) is 5.72. The molecule has 3 nitrogen and oxygen atoms in total. The lowest BCUT2D eigenvalue weighted by Gasteiger charge is -2.11. The highest BCUT2D eigenvalue weighted by molar-refractivity contribution is 5.33. The Hall–Kier alpha value is -1.91. The molecule has 0 aromatic heterocycles. The van der Waals surface area contributed by atoms with E-state index in [9.17, 15) is 4.39 Å². The van der Waals surface area contributed by atoms with Gasteiger partial charge in [0.05, 0.1) is 6.61 Å². The van der Waals surface area contributed by atoms with Crippen LogP contribution in [0.1, 0.15) is 16.7 Å². The maximum absolute atomic E-state index is 13.2. The van der Waals surface area contributed by atoms with Gasteiger partial charge in [0.25, 0.3) is 0 Å². The Balaban J connectivity index is 1.92. The van der Waals surface area contributed by atoms with Crippen molar-refractivity contribution < 1.29 is 14.2 Å². The normalized spacial score (nSPS) is 10.6. The maximum atomic E-state index is 13.2. The summed E-state index contributed by atoms with van der Waals surface area (Å²) >= 11 is 0. The minimum Gasteiger partial charge on any atom is -0.491 e. The van der Waals surface area contributed by atoms with Crippen LogP contribution in [0.5, 0.6) is 5.75 Å². The maximum Gasteiger partial charge on any atom is 0.126 e. The molecule has 0 radical (unpaired) electrons. The fourth-order valence-corrected chi connectivity index (χ4v) is 2.10. The molecule has 0 aliphatic carbocycles. The van der Waals surface area contributed by atoms with Crippen LogP contribution in [-0.4, -0.2) is 18.3 Å². The zero-order chi connectivity index (χ0) is 15.1. The summed E-state index contributed by atoms with van der Waals surface area (Å²) in [6, 6.07) is 12.8. The Morgan fingerprint density at radius 2 is 1.95 bits per heavy atom. The van der Waals surface area contributed by atoms with Crippen molar-refractivity contribution in [3.63, 3.8) is 0 Å². The predicted octanol–water partition coefficient (Wildman–Crippen LogP) is 2.80. The van der Waals surface area contributed by atoms with Gasteiger partial charge in [-0.25, -0.2) is 4.39 Å². The molecule has 0 bridgehead atoms. The van der Waals surface area contributed by atoms with Crippen LogP contribution in [0.3, 0.4) is 0 Å². The van der Waals surface area contributed by atoms with E-state index >= 15 is 0 Å². The fourth-order valence-electron chi connectivity index (χ4n) is 2.10. The van der Waals surface area contributed by atoms with Crippen molar-refractivity contribution in [2.45, 2.75) is 20.0 Å². The molecule has 0 aliphatic heterocycles. The molecule has 0 saturated carbocycles. The van der Waals surface area contributed by atoms with Crippen LogP contribution in [0, 0.1) is 12.7 Å². The first kappa shape index (κ1) is 15.5. The molecule has 21 heavy (non-hydrogen) atoms. The molecule has 0 amide bonds. The number of rotatable bonds is 7. The van der Waals surface area contributed by atoms with Crippen molar-refractivity contribution in [2.75, 3.05) is 13.2 Å². The average molecular weight is 289 g/mol. The summed E-state index contributed by atoms with van der Waals surface area (Å²) in [6.45, 7) is 3.36. The summed E-state index contributed by atoms with van der Waals surface area (Å²) in [6.07, 6.45) is 0. The second-order valence-electron chi connectivity index (χ2n) is 4.87. The number of halogens is 1. The highest BCUT2D eigenvalue weighted by atomic mass is 19.1. The van der Waals surface area contributed by atoms with Crippen molar-refractivity contribution in [3.8, 4) is 5.75 Å². The van der Waals surface area contributed by atoms with Crippen molar-refractivity contribution >= 4 is 0 Å². The van der Waals surface area contributed by atoms with Crippen LogP contribution in [-0.2, 0) is 13.1 Å². The molecule has 112 valence electrons. The molecule has 0 unspecified atom stereocenters. The molecule has 0 fully saturated rings. The third kappa shape index (κ3) is 4.55. The number of aliphatic hydroxyl groups excluding tert-OH is 1. The number of aryl methyl sites for hydroxylation is 1. The van der Waals surface area contributed by atoms with Crippen LogP contribution in [0.2, 0.25) is 0 Å². The van der Waals surface area contributed by atoms with E-state index in [2.05, 4.69) is 5.32 Å². The van der Waals surface area contributed by atoms with Gasteiger partial charge in [0.15, 0.2) is 0 Å². The standard InChI is InChI=1S/C17H20FNO2/c1-13-10-14(6-7-16(13)18)11-19-12-15-4-2-3-5-17(15)21-9-8-20/h2-7,10,19-20H,8-9,11-12H2,1H3. The molecule has 4 heteroatoms. The number of benzene rings is 2. The van der Waals surface area contributed by atoms with Crippen molar-refractivity contribution in [1.82, 2.24) is 5.32 Å². The predicted molar refractivity (Wildman–Crippen MR) is 80.7 cm³/mol. The van der Waals surface area contributed by atoms with Gasteiger partial charge in [-0.05, 0) is 30.2 Å². The summed E-state index contributed by atoms with van der Waals surface area (Å²) in [5.41, 5.74) is 2.73. The van der Waals surface area contributed by atoms with Crippen LogP contribution >= 0.6 is 0 Å². The zero-order valence-corrected chi connectivity index (χ0v) is 12.1. The number of hydrogen-bond donors (Lipinski definition) is 2. The van der Waals surface area contributed by atoms with Crippen molar-refractivity contribution in [3.05, 3.63) is 65.0 Å². The summed E-state index contributed by atoms with van der Waals surface area (Å²) in [4.78, 5) is 0. The van der Waals surface area contributed by atoms with E-state index < -0.39 is 0 Å². The highest BCUT2D eigenvalue weighted by Gasteiger charge is 2.03. The van der Waals surface area contributed by atoms with Gasteiger partial charge in [-0.15, -0.1) is 0 Å². The van der Waals surface area contributed by atoms with Gasteiger partial charge in [-0.2, -0.15) is 0 Å². The summed E-state index contributed by atoms with van der Waals surface area (Å²) in [5.74, 6) is 0.593. The number of aliphatic hydroxyl groups is 1. The summed E-state index contributed by atoms with van der Waals surface area (Å²) in [5, 5.41) is 12.1. The number of nitrogens with one attached hydrogen (secondary N) is 1. The van der Waals surface area contributed by atoms with Crippen LogP contribution in [0.25, 0.3) is 0 Å². The quantitative estimate of drug-likeness (QED) is 0.823. The smallest absolute Gasteiger partial charge is 0.126 e. The van der Waals surface area contributed by atoms with E-state index in [1.54, 1.807) is 13.0 Å². The number of ether oxygens (including phenoxy) is 1. The van der Waals surface area contributed by atoms with Gasteiger partial charge in [0.1, 0.15) is 18.2 Å². The number of para-hydroxylation sites is 1. The van der Waals surface area contributed by atoms with E-state index in [1.165, 1.54) is 6.07 Å². The van der Waals surface area contributed by atoms with Gasteiger partial charge < -0.3 is 15.2 Å². The zero-order valence-electron chi connectivity index (χ0n) is 12.1. The van der Waals surface area contributed by atoms with Crippen LogP contribution < -0.4 is 10.1 Å². The fraction of sp³-hybridized carbons (Fsp3) is 0.294. The van der Waals surface area contributed by atoms with Gasteiger partial charge >= 0.3 is 0 Å². The molecule has 2 aromatic carbocycles. The molecular formula is C17H20FNO2. The van der Waals surface area contributed by atoms with Gasteiger partial charge in [0, 0.05) is 18.7 Å². The largest absolute Gasteiger partial charge is 0.491 e. The Morgan fingerprint density at radius 1 is 1.14 bits per heavy atom. The third-order valence-corrected chi connectivity index (χ3v) is 3.19. The third-order valence-electron chi connectivity index (χ3n) is 3.19. The highest BCUT2D eigenvalue weighted by Crippen LogP contribution is 2.18. The van der Waals surface area contributed by atoms with E-state index in [0.717, 1.165) is 16.9 Å². The molecule has 0 spiro atoms. The minimum atomic E-state index is -0.179. The molecule has 0 heterocycles. The monoisotopic (exact) mass is 289 g/mol. The average Bonchev–Trinajstić information content (AvgIpc) is 2.50. The van der Waals surface area contributed by atoms with E-state index in [4.69, 9.17) is 9.84 Å². The van der Waals surface area contributed by atoms with Gasteiger partial charge in [0.2, 0.25) is 0 Å². The van der Waals surface area contributed by atoms with E-state index in [0.29, 0.717) is 18.7 Å². The second kappa shape index (κ2) is 7.76. The molecule has 2 aromatic rings. The molecule has 0 atom stereocenters. The SMILES string of the molecule is Cc1cc(CNCc2ccccc2OCCO)ccc1F. The summed E-state index contributed by atoms with van der Waals surface area (Å²) in [7, 11) is 0. The van der Waals surface area contributed by atoms with Crippen molar-refractivity contribution in [1.29, 1.82) is 0 Å². The first-order chi connectivity index (χ1) is 10.2. The van der Waals surface area contributed by atoms with Crippen LogP contribution in [0.4, 0.5) is 4.39 Å². The molecule has 0 aliphatic rings. The Morgan fingerprint density at radius 3 is 2.71 bits per heavy atom. The van der Waals surface area contributed by atoms with E-state index in [1.807, 2.05) is 30.3 Å². The lowest BCUT2D eigenvalue weighted by Crippen LogP contribution is -2.14. The molecule has 2 rings (SSSR count). The lowest BCUT2D eigenvalue weighted by atomic mass is 10.1. The van der Waals surface area contributed by atoms with Crippen molar-refractivity contribution in [2.24, 2.45) is 0 Å². The Bertz CT molecular complexity index is 587. The van der Waals surface area contributed by atoms with E-state index in [-0.39, 0.29) is 19.0 Å². The summed E-state index contributed by atoms with van der Waals surface area (Å²) < 4.78 is 18.7. The van der Waals surface area contributed by atoms with Crippen LogP contribution in [0.15, 0.2) is 42.5 Å². The number of hydrogen-bond acceptors (Lipinski definition) is 3. The topological polar surface area (TPSA) is 41.5 Å². The minimum absolute atomic E-state index is 0.00335. The Labute approximate surface area is 124 Å². The lowest BCUT2D eigenvalue weighted by molar-refractivity contribution is 0.200. The molecule has 2 N–H and O–H groups in total.